The van der Waals surface area contributed by atoms with Crippen LogP contribution in [0.25, 0.3) is 0 Å². The van der Waals surface area contributed by atoms with Crippen molar-refractivity contribution < 1.29 is 9.59 Å². The number of carbonyl (C=O) groups excluding carboxylic acids is 2. The summed E-state index contributed by atoms with van der Waals surface area (Å²) in [6.45, 7) is 5.60. The van der Waals surface area contributed by atoms with Crippen LogP contribution >= 0.6 is 0 Å². The molecule has 2 aliphatic heterocycles. The normalized spacial score (nSPS) is 27.2. The number of amides is 3. The van der Waals surface area contributed by atoms with E-state index in [0.717, 1.165) is 32.5 Å². The molecule has 1 aromatic rings. The van der Waals surface area contributed by atoms with Gasteiger partial charge in [0.15, 0.2) is 0 Å². The number of carbonyl (C=O) groups is 2. The second-order valence-corrected chi connectivity index (χ2v) is 7.65. The lowest BCUT2D eigenvalue weighted by Crippen LogP contribution is -2.47. The average Bonchev–Trinajstić information content (AvgIpc) is 3.28. The second-order valence-electron chi connectivity index (χ2n) is 7.65. The Morgan fingerprint density at radius 3 is 2.68 bits per heavy atom. The molecule has 0 aromatic heterocycles. The highest BCUT2D eigenvalue weighted by Gasteiger charge is 2.41. The predicted octanol–water partition coefficient (Wildman–Crippen LogP) is 1.48. The molecule has 2 atom stereocenters. The fraction of sp³-hybridized carbons (Fsp3) is 0.579. The van der Waals surface area contributed by atoms with Gasteiger partial charge in [0, 0.05) is 31.7 Å². The van der Waals surface area contributed by atoms with Crippen molar-refractivity contribution in [3.05, 3.63) is 35.9 Å². The number of urea groups is 1. The summed E-state index contributed by atoms with van der Waals surface area (Å²) >= 11 is 0. The Balaban J connectivity index is 1.30. The Hall–Kier alpha value is -2.08. The smallest absolute Gasteiger partial charge is 0.319 e. The number of benzene rings is 1. The van der Waals surface area contributed by atoms with E-state index in [-0.39, 0.29) is 24.5 Å². The van der Waals surface area contributed by atoms with Gasteiger partial charge in [-0.25, -0.2) is 4.79 Å². The minimum Gasteiger partial charge on any atom is -0.334 e. The number of nitrogens with one attached hydrogen (secondary N) is 1. The first-order chi connectivity index (χ1) is 12.1. The maximum atomic E-state index is 12.6. The Bertz CT molecular complexity index is 646. The van der Waals surface area contributed by atoms with Crippen LogP contribution in [0.5, 0.6) is 0 Å². The van der Waals surface area contributed by atoms with Gasteiger partial charge >= 0.3 is 6.03 Å². The van der Waals surface area contributed by atoms with Gasteiger partial charge in [-0.15, -0.1) is 0 Å². The molecule has 4 rings (SSSR count). The number of nitrogens with zero attached hydrogens (tertiary/aromatic N) is 3. The van der Waals surface area contributed by atoms with E-state index in [0.29, 0.717) is 18.6 Å². The number of hydrogen-bond acceptors (Lipinski definition) is 3. The zero-order valence-electron chi connectivity index (χ0n) is 14.7. The molecule has 3 aliphatic rings. The molecule has 2 heterocycles. The molecular weight excluding hydrogens is 316 g/mol. The van der Waals surface area contributed by atoms with Gasteiger partial charge in [-0.3, -0.25) is 14.6 Å². The highest BCUT2D eigenvalue weighted by molar-refractivity contribution is 5.87. The molecule has 0 radical (unpaired) electrons. The molecule has 1 saturated carbocycles. The molecule has 1 aromatic carbocycles. The van der Waals surface area contributed by atoms with Crippen molar-refractivity contribution >= 4 is 11.9 Å². The molecule has 1 N–H and O–H groups in total. The van der Waals surface area contributed by atoms with Crippen molar-refractivity contribution in [2.45, 2.75) is 38.4 Å². The van der Waals surface area contributed by atoms with E-state index in [4.69, 9.17) is 0 Å². The summed E-state index contributed by atoms with van der Waals surface area (Å²) in [5.74, 6) is 0.494. The summed E-state index contributed by atoms with van der Waals surface area (Å²) in [5.41, 5.74) is 1.30. The molecule has 25 heavy (non-hydrogen) atoms. The standard InChI is InChI=1S/C19H26N4O2/c1-14-9-21(10-15-5-3-2-4-6-15)11-17(14)20-19(25)22-12-18(24)23(13-22)16-7-8-16/h2-6,14,16-17H,7-13H2,1H3,(H,20,25). The van der Waals surface area contributed by atoms with Gasteiger partial charge in [0.25, 0.3) is 0 Å². The predicted molar refractivity (Wildman–Crippen MR) is 94.6 cm³/mol. The molecule has 2 saturated heterocycles. The summed E-state index contributed by atoms with van der Waals surface area (Å²) in [4.78, 5) is 30.5. The van der Waals surface area contributed by atoms with Crippen molar-refractivity contribution in [2.24, 2.45) is 5.92 Å². The second kappa shape index (κ2) is 6.67. The van der Waals surface area contributed by atoms with Crippen molar-refractivity contribution in [2.75, 3.05) is 26.3 Å². The van der Waals surface area contributed by atoms with Gasteiger partial charge in [0.2, 0.25) is 5.91 Å². The van der Waals surface area contributed by atoms with Gasteiger partial charge in [0.1, 0.15) is 6.54 Å². The van der Waals surface area contributed by atoms with Gasteiger partial charge in [-0.2, -0.15) is 0 Å². The quantitative estimate of drug-likeness (QED) is 0.902. The number of rotatable bonds is 4. The molecule has 6 nitrogen and oxygen atoms in total. The Morgan fingerprint density at radius 1 is 1.20 bits per heavy atom. The van der Waals surface area contributed by atoms with Crippen LogP contribution in [-0.4, -0.2) is 65.0 Å². The van der Waals surface area contributed by atoms with E-state index in [1.54, 1.807) is 4.90 Å². The van der Waals surface area contributed by atoms with E-state index < -0.39 is 0 Å². The van der Waals surface area contributed by atoms with E-state index in [2.05, 4.69) is 41.4 Å². The summed E-state index contributed by atoms with van der Waals surface area (Å²) in [6, 6.07) is 10.8. The minimum atomic E-state index is -0.102. The van der Waals surface area contributed by atoms with Crippen LogP contribution in [0, 0.1) is 5.92 Å². The molecule has 134 valence electrons. The average molecular weight is 342 g/mol. The third-order valence-electron chi connectivity index (χ3n) is 5.49. The molecule has 2 unspecified atom stereocenters. The lowest BCUT2D eigenvalue weighted by molar-refractivity contribution is -0.127. The van der Waals surface area contributed by atoms with Crippen LogP contribution in [0.4, 0.5) is 4.79 Å². The van der Waals surface area contributed by atoms with Crippen molar-refractivity contribution in [1.82, 2.24) is 20.0 Å². The number of hydrogen-bond donors (Lipinski definition) is 1. The zero-order valence-corrected chi connectivity index (χ0v) is 14.7. The van der Waals surface area contributed by atoms with Crippen LogP contribution in [0.1, 0.15) is 25.3 Å². The summed E-state index contributed by atoms with van der Waals surface area (Å²) in [7, 11) is 0. The largest absolute Gasteiger partial charge is 0.334 e. The van der Waals surface area contributed by atoms with Gasteiger partial charge < -0.3 is 10.2 Å². The molecule has 3 amide bonds. The van der Waals surface area contributed by atoms with Gasteiger partial charge in [-0.1, -0.05) is 37.3 Å². The van der Waals surface area contributed by atoms with Gasteiger partial charge in [0.05, 0.1) is 6.67 Å². The molecule has 1 aliphatic carbocycles. The van der Waals surface area contributed by atoms with Crippen LogP contribution in [-0.2, 0) is 11.3 Å². The number of likely N-dealkylation sites (tertiary alicyclic amines) is 1. The first-order valence-corrected chi connectivity index (χ1v) is 9.21. The molecular formula is C19H26N4O2. The highest BCUT2D eigenvalue weighted by atomic mass is 16.2. The third kappa shape index (κ3) is 3.63. The molecule has 0 bridgehead atoms. The van der Waals surface area contributed by atoms with Crippen LogP contribution in [0.2, 0.25) is 0 Å². The summed E-state index contributed by atoms with van der Waals surface area (Å²) in [5, 5.41) is 3.15. The fourth-order valence-electron chi connectivity index (χ4n) is 3.88. The van der Waals surface area contributed by atoms with Crippen LogP contribution in [0.3, 0.4) is 0 Å². The van der Waals surface area contributed by atoms with Crippen molar-refractivity contribution in [3.8, 4) is 0 Å². The topological polar surface area (TPSA) is 55.9 Å². The highest BCUT2D eigenvalue weighted by Crippen LogP contribution is 2.29. The minimum absolute atomic E-state index is 0.0859. The lowest BCUT2D eigenvalue weighted by Gasteiger charge is -2.22. The summed E-state index contributed by atoms with van der Waals surface area (Å²) < 4.78 is 0. The molecule has 0 spiro atoms. The first kappa shape index (κ1) is 16.4. The van der Waals surface area contributed by atoms with Crippen molar-refractivity contribution in [3.63, 3.8) is 0 Å². The van der Waals surface area contributed by atoms with Crippen LogP contribution < -0.4 is 5.32 Å². The SMILES string of the molecule is CC1CN(Cc2ccccc2)CC1NC(=O)N1CC(=O)N(C2CC2)C1. The fourth-order valence-corrected chi connectivity index (χ4v) is 3.88. The molecule has 3 fully saturated rings. The maximum absolute atomic E-state index is 12.6. The first-order valence-electron chi connectivity index (χ1n) is 9.21. The Morgan fingerprint density at radius 2 is 1.96 bits per heavy atom. The van der Waals surface area contributed by atoms with E-state index in [1.165, 1.54) is 5.56 Å². The summed E-state index contributed by atoms with van der Waals surface area (Å²) in [6.07, 6.45) is 2.16. The lowest BCUT2D eigenvalue weighted by atomic mass is 10.1. The van der Waals surface area contributed by atoms with E-state index >= 15 is 0 Å². The monoisotopic (exact) mass is 342 g/mol. The van der Waals surface area contributed by atoms with Crippen LogP contribution in [0.15, 0.2) is 30.3 Å². The van der Waals surface area contributed by atoms with Gasteiger partial charge in [-0.05, 0) is 24.3 Å². The van der Waals surface area contributed by atoms with E-state index in [1.807, 2.05) is 11.0 Å². The zero-order chi connectivity index (χ0) is 17.4. The van der Waals surface area contributed by atoms with Crippen molar-refractivity contribution in [1.29, 1.82) is 0 Å². The Kier molecular flexibility index (Phi) is 4.37. The maximum Gasteiger partial charge on any atom is 0.319 e. The Labute approximate surface area is 148 Å². The van der Waals surface area contributed by atoms with E-state index in [9.17, 15) is 9.59 Å². The third-order valence-corrected chi connectivity index (χ3v) is 5.49. The molecule has 6 heteroatoms.